The number of anilines is 1. The number of carbonyl (C=O) groups is 1. The van der Waals surface area contributed by atoms with Crippen LogP contribution in [0.3, 0.4) is 0 Å². The van der Waals surface area contributed by atoms with Crippen LogP contribution < -0.4 is 11.1 Å². The van der Waals surface area contributed by atoms with Crippen LogP contribution in [0, 0.1) is 0 Å². The average Bonchev–Trinajstić information content (AvgIpc) is 2.46. The number of amides is 1. The molecule has 0 bridgehead atoms. The number of nitrogens with one attached hydrogen (secondary N) is 1. The molecule has 1 aromatic carbocycles. The summed E-state index contributed by atoms with van der Waals surface area (Å²) >= 11 is 4.95. The van der Waals surface area contributed by atoms with Gasteiger partial charge in [0, 0.05) is 12.2 Å². The molecular weight excluding hydrogens is 288 g/mol. The zero-order valence-electron chi connectivity index (χ0n) is 12.3. The number of nitrogens with two attached hydrogens (primary N) is 1. The summed E-state index contributed by atoms with van der Waals surface area (Å²) in [5, 5.41) is 2.79. The van der Waals surface area contributed by atoms with Gasteiger partial charge in [0.15, 0.2) is 0 Å². The van der Waals surface area contributed by atoms with Gasteiger partial charge in [0.05, 0.1) is 31.9 Å². The Bertz CT molecular complexity index is 466. The van der Waals surface area contributed by atoms with E-state index in [4.69, 9.17) is 27.4 Å². The maximum absolute atomic E-state index is 11.8. The zero-order valence-corrected chi connectivity index (χ0v) is 13.1. The maximum atomic E-state index is 11.8. The van der Waals surface area contributed by atoms with Crippen molar-refractivity contribution >= 4 is 28.8 Å². The van der Waals surface area contributed by atoms with Crippen molar-refractivity contribution in [3.63, 3.8) is 0 Å². The van der Waals surface area contributed by atoms with E-state index in [-0.39, 0.29) is 17.3 Å². The molecule has 0 aliphatic rings. The Labute approximate surface area is 130 Å². The molecule has 0 aliphatic carbocycles. The van der Waals surface area contributed by atoms with Gasteiger partial charge in [0.2, 0.25) is 5.91 Å². The quantitative estimate of drug-likeness (QED) is 0.511. The number of thiocarbonyl (C=S) groups is 1. The summed E-state index contributed by atoms with van der Waals surface area (Å²) in [6.07, 6.45) is 1.27. The second-order valence-electron chi connectivity index (χ2n) is 4.43. The molecule has 0 spiro atoms. The molecule has 0 aromatic heterocycles. The Morgan fingerprint density at radius 2 is 1.86 bits per heavy atom. The monoisotopic (exact) mass is 310 g/mol. The van der Waals surface area contributed by atoms with Gasteiger partial charge in [-0.2, -0.15) is 0 Å². The van der Waals surface area contributed by atoms with Gasteiger partial charge in [-0.1, -0.05) is 31.3 Å². The first-order valence-corrected chi connectivity index (χ1v) is 7.40. The third-order valence-electron chi connectivity index (χ3n) is 2.66. The molecule has 0 heterocycles. The van der Waals surface area contributed by atoms with Crippen molar-refractivity contribution in [2.75, 3.05) is 31.7 Å². The Hall–Kier alpha value is -1.50. The normalized spacial score (nSPS) is 10.3. The molecule has 3 N–H and O–H groups in total. The minimum atomic E-state index is -0.131. The van der Waals surface area contributed by atoms with Crippen LogP contribution in [0.15, 0.2) is 24.3 Å². The van der Waals surface area contributed by atoms with Gasteiger partial charge in [0.25, 0.3) is 0 Å². The number of hydrogen-bond donors (Lipinski definition) is 2. The van der Waals surface area contributed by atoms with Crippen molar-refractivity contribution in [3.8, 4) is 0 Å². The molecule has 116 valence electrons. The predicted octanol–water partition coefficient (Wildman–Crippen LogP) is 2.09. The molecule has 6 heteroatoms. The van der Waals surface area contributed by atoms with E-state index in [9.17, 15) is 4.79 Å². The molecular formula is C15H22N2O3S. The Kier molecular flexibility index (Phi) is 8.57. The fraction of sp³-hybridized carbons (Fsp3) is 0.467. The third-order valence-corrected chi connectivity index (χ3v) is 2.88. The van der Waals surface area contributed by atoms with Crippen LogP contribution in [0.5, 0.6) is 0 Å². The van der Waals surface area contributed by atoms with Gasteiger partial charge in [-0.3, -0.25) is 4.79 Å². The molecule has 0 saturated heterocycles. The maximum Gasteiger partial charge on any atom is 0.226 e. The van der Waals surface area contributed by atoms with E-state index in [0.29, 0.717) is 31.1 Å². The summed E-state index contributed by atoms with van der Waals surface area (Å²) in [6.45, 7) is 4.20. The van der Waals surface area contributed by atoms with Crippen LogP contribution in [-0.2, 0) is 14.3 Å². The second-order valence-corrected chi connectivity index (χ2v) is 4.87. The number of ether oxygens (including phenoxy) is 2. The van der Waals surface area contributed by atoms with Crippen molar-refractivity contribution in [2.45, 2.75) is 19.8 Å². The predicted molar refractivity (Wildman–Crippen MR) is 87.5 cm³/mol. The van der Waals surface area contributed by atoms with Crippen molar-refractivity contribution in [3.05, 3.63) is 29.8 Å². The number of benzene rings is 1. The third kappa shape index (κ3) is 7.17. The fourth-order valence-electron chi connectivity index (χ4n) is 1.65. The van der Waals surface area contributed by atoms with E-state index in [0.717, 1.165) is 13.0 Å². The summed E-state index contributed by atoms with van der Waals surface area (Å²) in [5.41, 5.74) is 6.90. The van der Waals surface area contributed by atoms with Gasteiger partial charge in [-0.25, -0.2) is 0 Å². The number of carbonyl (C=O) groups excluding carboxylic acids is 1. The Morgan fingerprint density at radius 3 is 2.52 bits per heavy atom. The van der Waals surface area contributed by atoms with Crippen LogP contribution in [0.1, 0.15) is 25.3 Å². The van der Waals surface area contributed by atoms with E-state index in [1.807, 2.05) is 12.1 Å². The fourth-order valence-corrected chi connectivity index (χ4v) is 1.83. The van der Waals surface area contributed by atoms with Crippen LogP contribution in [0.25, 0.3) is 0 Å². The molecule has 1 rings (SSSR count). The molecule has 0 fully saturated rings. The van der Waals surface area contributed by atoms with Gasteiger partial charge in [-0.15, -0.1) is 0 Å². The Morgan fingerprint density at radius 1 is 1.19 bits per heavy atom. The highest BCUT2D eigenvalue weighted by Crippen LogP contribution is 2.14. The highest BCUT2D eigenvalue weighted by Gasteiger charge is 2.08. The minimum absolute atomic E-state index is 0.131. The van der Waals surface area contributed by atoms with Gasteiger partial charge >= 0.3 is 0 Å². The summed E-state index contributed by atoms with van der Waals surface area (Å²) < 4.78 is 10.6. The number of rotatable bonds is 10. The summed E-state index contributed by atoms with van der Waals surface area (Å²) in [4.78, 5) is 12.1. The summed E-state index contributed by atoms with van der Waals surface area (Å²) in [6, 6.07) is 7.19. The lowest BCUT2D eigenvalue weighted by Crippen LogP contribution is -2.19. The van der Waals surface area contributed by atoms with Crippen LogP contribution in [-0.4, -0.2) is 37.3 Å². The van der Waals surface area contributed by atoms with Crippen molar-refractivity contribution < 1.29 is 14.3 Å². The minimum Gasteiger partial charge on any atom is -0.389 e. The zero-order chi connectivity index (χ0) is 15.5. The first kappa shape index (κ1) is 17.6. The molecule has 0 saturated carbocycles. The van der Waals surface area contributed by atoms with E-state index in [1.54, 1.807) is 12.1 Å². The van der Waals surface area contributed by atoms with Crippen LogP contribution in [0.2, 0.25) is 0 Å². The van der Waals surface area contributed by atoms with Gasteiger partial charge in [-0.05, 0) is 18.6 Å². The van der Waals surface area contributed by atoms with Gasteiger partial charge < -0.3 is 20.5 Å². The molecule has 5 nitrogen and oxygen atoms in total. The van der Waals surface area contributed by atoms with E-state index in [1.165, 1.54) is 0 Å². The summed E-state index contributed by atoms with van der Waals surface area (Å²) in [5.74, 6) is -0.131. The highest BCUT2D eigenvalue weighted by molar-refractivity contribution is 7.80. The average molecular weight is 310 g/mol. The van der Waals surface area contributed by atoms with E-state index >= 15 is 0 Å². The lowest BCUT2D eigenvalue weighted by Gasteiger charge is -2.10. The number of hydrogen-bond acceptors (Lipinski definition) is 4. The smallest absolute Gasteiger partial charge is 0.226 e. The molecule has 0 aliphatic heterocycles. The molecule has 1 amide bonds. The lowest BCUT2D eigenvalue weighted by atomic mass is 10.1. The van der Waals surface area contributed by atoms with E-state index in [2.05, 4.69) is 12.2 Å². The standard InChI is InChI=1S/C15H22N2O3S/c1-2-8-19-10-11-20-9-7-14(18)17-13-6-4-3-5-12(13)15(16)21/h3-6H,2,7-11H2,1H3,(H2,16,21)(H,17,18). The Balaban J connectivity index is 2.27. The second kappa shape index (κ2) is 10.3. The molecule has 1 aromatic rings. The molecule has 0 unspecified atom stereocenters. The molecule has 21 heavy (non-hydrogen) atoms. The number of para-hydroxylation sites is 1. The highest BCUT2D eigenvalue weighted by atomic mass is 32.1. The largest absolute Gasteiger partial charge is 0.389 e. The SMILES string of the molecule is CCCOCCOCCC(=O)Nc1ccccc1C(N)=S. The molecule has 0 radical (unpaired) electrons. The van der Waals surface area contributed by atoms with Crippen LogP contribution >= 0.6 is 12.2 Å². The lowest BCUT2D eigenvalue weighted by molar-refractivity contribution is -0.117. The summed E-state index contributed by atoms with van der Waals surface area (Å²) in [7, 11) is 0. The van der Waals surface area contributed by atoms with Crippen molar-refractivity contribution in [1.82, 2.24) is 0 Å². The van der Waals surface area contributed by atoms with Gasteiger partial charge in [0.1, 0.15) is 4.99 Å². The molecule has 0 atom stereocenters. The first-order chi connectivity index (χ1) is 10.1. The van der Waals surface area contributed by atoms with E-state index < -0.39 is 0 Å². The first-order valence-electron chi connectivity index (χ1n) is 6.99. The van der Waals surface area contributed by atoms with Crippen LogP contribution in [0.4, 0.5) is 5.69 Å². The van der Waals surface area contributed by atoms with Crippen molar-refractivity contribution in [1.29, 1.82) is 0 Å². The topological polar surface area (TPSA) is 73.6 Å². The van der Waals surface area contributed by atoms with Crippen molar-refractivity contribution in [2.24, 2.45) is 5.73 Å².